The molecule has 3 aromatic carbocycles. The van der Waals surface area contributed by atoms with E-state index >= 15 is 0 Å². The van der Waals surface area contributed by atoms with Gasteiger partial charge in [-0.05, 0) is 35.4 Å². The number of aromatic hydroxyl groups is 1. The quantitative estimate of drug-likeness (QED) is 0.719. The number of benzene rings is 3. The highest BCUT2D eigenvalue weighted by molar-refractivity contribution is 6.05. The molecule has 0 saturated heterocycles. The minimum atomic E-state index is -1.01. The van der Waals surface area contributed by atoms with Gasteiger partial charge in [-0.15, -0.1) is 0 Å². The van der Waals surface area contributed by atoms with Crippen LogP contribution in [-0.2, 0) is 6.42 Å². The summed E-state index contributed by atoms with van der Waals surface area (Å²) in [5.41, 5.74) is 2.30. The van der Waals surface area contributed by atoms with E-state index in [1.165, 1.54) is 24.3 Å². The van der Waals surface area contributed by atoms with Gasteiger partial charge in [-0.2, -0.15) is 0 Å². The maximum Gasteiger partial charge on any atom is 0.335 e. The summed E-state index contributed by atoms with van der Waals surface area (Å²) in [6.45, 7) is 0. The minimum Gasteiger partial charge on any atom is -0.508 e. The number of fused-ring (bicyclic) bond motifs is 1. The van der Waals surface area contributed by atoms with E-state index in [9.17, 15) is 14.7 Å². The topological polar surface area (TPSA) is 83.8 Å². The first-order valence-electron chi connectivity index (χ1n) is 8.94. The van der Waals surface area contributed by atoms with Gasteiger partial charge >= 0.3 is 5.97 Å². The molecule has 1 heterocycles. The van der Waals surface area contributed by atoms with Crippen LogP contribution < -0.4 is 4.74 Å². The average molecular weight is 374 g/mol. The zero-order valence-corrected chi connectivity index (χ0v) is 14.9. The lowest BCUT2D eigenvalue weighted by molar-refractivity contribution is 0.0696. The number of carbonyl (C=O) groups is 2. The van der Waals surface area contributed by atoms with E-state index < -0.39 is 18.0 Å². The maximum absolute atomic E-state index is 13.3. The highest BCUT2D eigenvalue weighted by Gasteiger charge is 2.38. The molecule has 0 aromatic heterocycles. The molecule has 4 rings (SSSR count). The van der Waals surface area contributed by atoms with E-state index in [1.807, 2.05) is 30.3 Å². The summed E-state index contributed by atoms with van der Waals surface area (Å²) in [6, 6.07) is 20.5. The van der Waals surface area contributed by atoms with Gasteiger partial charge in [-0.25, -0.2) is 4.79 Å². The zero-order valence-electron chi connectivity index (χ0n) is 14.9. The van der Waals surface area contributed by atoms with Gasteiger partial charge in [0.15, 0.2) is 5.78 Å². The van der Waals surface area contributed by atoms with Crippen LogP contribution in [0, 0.1) is 0 Å². The van der Waals surface area contributed by atoms with E-state index in [2.05, 4.69) is 0 Å². The van der Waals surface area contributed by atoms with Gasteiger partial charge in [0.25, 0.3) is 0 Å². The number of carbonyl (C=O) groups excluding carboxylic acids is 1. The lowest BCUT2D eigenvalue weighted by atomic mass is 9.81. The summed E-state index contributed by atoms with van der Waals surface area (Å²) in [5, 5.41) is 18.9. The van der Waals surface area contributed by atoms with Crippen molar-refractivity contribution in [3.63, 3.8) is 0 Å². The molecular formula is C23H18O5. The van der Waals surface area contributed by atoms with Crippen LogP contribution in [0.25, 0.3) is 0 Å². The second-order valence-corrected chi connectivity index (χ2v) is 6.80. The molecule has 2 atom stereocenters. The third kappa shape index (κ3) is 3.34. The Kier molecular flexibility index (Phi) is 4.57. The van der Waals surface area contributed by atoms with Crippen molar-refractivity contribution in [2.45, 2.75) is 18.4 Å². The lowest BCUT2D eigenvalue weighted by Gasteiger charge is -2.33. The van der Waals surface area contributed by atoms with E-state index in [4.69, 9.17) is 9.84 Å². The molecule has 5 heteroatoms. The van der Waals surface area contributed by atoms with Crippen molar-refractivity contribution in [2.75, 3.05) is 0 Å². The van der Waals surface area contributed by atoms with Crippen LogP contribution in [0.5, 0.6) is 11.5 Å². The molecule has 0 fully saturated rings. The number of rotatable bonds is 4. The van der Waals surface area contributed by atoms with Crippen LogP contribution >= 0.6 is 0 Å². The van der Waals surface area contributed by atoms with Gasteiger partial charge in [-0.1, -0.05) is 42.5 Å². The Morgan fingerprint density at radius 2 is 1.68 bits per heavy atom. The van der Waals surface area contributed by atoms with Crippen molar-refractivity contribution in [3.8, 4) is 11.5 Å². The van der Waals surface area contributed by atoms with Crippen LogP contribution in [0.3, 0.4) is 0 Å². The Balaban J connectivity index is 1.75. The molecule has 28 heavy (non-hydrogen) atoms. The number of Topliss-reactive ketones (excluding diaryl/α,β-unsaturated/α-hetero) is 1. The monoisotopic (exact) mass is 374 g/mol. The number of ketones is 1. The molecule has 140 valence electrons. The average Bonchev–Trinajstić information content (AvgIpc) is 2.69. The Morgan fingerprint density at radius 1 is 0.964 bits per heavy atom. The summed E-state index contributed by atoms with van der Waals surface area (Å²) in [4.78, 5) is 24.4. The zero-order chi connectivity index (χ0) is 19.7. The number of aromatic carboxylic acids is 1. The van der Waals surface area contributed by atoms with Crippen molar-refractivity contribution in [2.24, 2.45) is 0 Å². The Labute approximate surface area is 161 Å². The van der Waals surface area contributed by atoms with Crippen LogP contribution in [0.15, 0.2) is 72.8 Å². The second-order valence-electron chi connectivity index (χ2n) is 6.80. The third-order valence-corrected chi connectivity index (χ3v) is 4.96. The van der Waals surface area contributed by atoms with E-state index in [-0.39, 0.29) is 17.1 Å². The number of ether oxygens (including phenoxy) is 1. The molecule has 0 saturated carbocycles. The van der Waals surface area contributed by atoms with Gasteiger partial charge in [0.2, 0.25) is 0 Å². The number of phenols is 1. The SMILES string of the molecule is O=C(O)c1ccc(C2C(=O)c3ccc(O)cc3OC2Cc2ccccc2)cc1. The molecule has 0 aliphatic carbocycles. The van der Waals surface area contributed by atoms with E-state index in [0.717, 1.165) is 5.56 Å². The first kappa shape index (κ1) is 17.8. The van der Waals surface area contributed by atoms with Crippen LogP contribution in [0.4, 0.5) is 0 Å². The maximum atomic E-state index is 13.3. The molecule has 0 spiro atoms. The van der Waals surface area contributed by atoms with Crippen molar-refractivity contribution in [1.82, 2.24) is 0 Å². The van der Waals surface area contributed by atoms with Crippen molar-refractivity contribution < 1.29 is 24.5 Å². The molecule has 1 aliphatic rings. The molecule has 1 aliphatic heterocycles. The van der Waals surface area contributed by atoms with Crippen LogP contribution in [-0.4, -0.2) is 28.1 Å². The Hall–Kier alpha value is -3.60. The van der Waals surface area contributed by atoms with Gasteiger partial charge in [0, 0.05) is 12.5 Å². The Bertz CT molecular complexity index is 1020. The smallest absolute Gasteiger partial charge is 0.335 e. The highest BCUT2D eigenvalue weighted by Crippen LogP contribution is 2.39. The van der Waals surface area contributed by atoms with Gasteiger partial charge in [0.1, 0.15) is 17.6 Å². The van der Waals surface area contributed by atoms with Crippen molar-refractivity contribution >= 4 is 11.8 Å². The van der Waals surface area contributed by atoms with Gasteiger partial charge in [-0.3, -0.25) is 4.79 Å². The summed E-state index contributed by atoms with van der Waals surface area (Å²) >= 11 is 0. The van der Waals surface area contributed by atoms with Crippen molar-refractivity contribution in [3.05, 3.63) is 95.1 Å². The van der Waals surface area contributed by atoms with E-state index in [1.54, 1.807) is 18.2 Å². The number of carboxylic acid groups (broad SMARTS) is 1. The second kappa shape index (κ2) is 7.19. The molecule has 2 unspecified atom stereocenters. The fourth-order valence-corrected chi connectivity index (χ4v) is 3.58. The minimum absolute atomic E-state index is 0.0364. The predicted molar refractivity (Wildman–Crippen MR) is 103 cm³/mol. The molecular weight excluding hydrogens is 356 g/mol. The third-order valence-electron chi connectivity index (χ3n) is 4.96. The summed E-state index contributed by atoms with van der Waals surface area (Å²) in [7, 11) is 0. The van der Waals surface area contributed by atoms with Crippen LogP contribution in [0.1, 0.15) is 37.8 Å². The molecule has 3 aromatic rings. The number of hydrogen-bond donors (Lipinski definition) is 2. The Morgan fingerprint density at radius 3 is 2.36 bits per heavy atom. The van der Waals surface area contributed by atoms with E-state index in [0.29, 0.717) is 23.3 Å². The fourth-order valence-electron chi connectivity index (χ4n) is 3.58. The molecule has 0 bridgehead atoms. The van der Waals surface area contributed by atoms with Gasteiger partial charge < -0.3 is 14.9 Å². The van der Waals surface area contributed by atoms with Crippen molar-refractivity contribution in [1.29, 1.82) is 0 Å². The highest BCUT2D eigenvalue weighted by atomic mass is 16.5. The lowest BCUT2D eigenvalue weighted by Crippen LogP contribution is -2.37. The molecule has 5 nitrogen and oxygen atoms in total. The number of phenolic OH excluding ortho intramolecular Hbond substituents is 1. The van der Waals surface area contributed by atoms with Gasteiger partial charge in [0.05, 0.1) is 17.0 Å². The van der Waals surface area contributed by atoms with Crippen LogP contribution in [0.2, 0.25) is 0 Å². The molecule has 0 radical (unpaired) electrons. The standard InChI is InChI=1S/C23H18O5/c24-17-10-11-18-19(13-17)28-20(12-14-4-2-1-3-5-14)21(22(18)25)15-6-8-16(9-7-15)23(26)27/h1-11,13,20-21,24H,12H2,(H,26,27). The summed E-state index contributed by atoms with van der Waals surface area (Å²) in [5.74, 6) is -1.29. The summed E-state index contributed by atoms with van der Waals surface area (Å²) < 4.78 is 6.13. The first-order chi connectivity index (χ1) is 13.5. The normalized spacial score (nSPS) is 18.2. The first-order valence-corrected chi connectivity index (χ1v) is 8.94. The summed E-state index contributed by atoms with van der Waals surface area (Å²) in [6.07, 6.45) is 0.0346. The fraction of sp³-hybridized carbons (Fsp3) is 0.130. The predicted octanol–water partition coefficient (Wildman–Crippen LogP) is 4.06. The molecule has 0 amide bonds. The number of carboxylic acids is 1. The largest absolute Gasteiger partial charge is 0.508 e. The number of hydrogen-bond acceptors (Lipinski definition) is 4. The molecule has 2 N–H and O–H groups in total.